The fourth-order valence-electron chi connectivity index (χ4n) is 7.40. The van der Waals surface area contributed by atoms with Crippen molar-refractivity contribution in [3.8, 4) is 0 Å². The Bertz CT molecular complexity index is 888. The fraction of sp³-hybridized carbons (Fsp3) is 0.696. The normalized spacial score (nSPS) is 49.3. The number of Topliss-reactive ketones (excluding diaryl/α,β-unsaturated/α-hetero) is 1. The second kappa shape index (κ2) is 5.67. The molecule has 6 heteroatoms. The van der Waals surface area contributed by atoms with Crippen LogP contribution < -0.4 is 0 Å². The van der Waals surface area contributed by atoms with Crippen molar-refractivity contribution < 1.29 is 29.0 Å². The van der Waals surface area contributed by atoms with Crippen LogP contribution >= 0.6 is 0 Å². The number of ether oxygens (including phenoxy) is 2. The molecule has 29 heavy (non-hydrogen) atoms. The lowest BCUT2D eigenvalue weighted by Gasteiger charge is -2.55. The zero-order valence-corrected chi connectivity index (χ0v) is 17.2. The Morgan fingerprint density at radius 2 is 2.03 bits per heavy atom. The topological polar surface area (TPSA) is 93.2 Å². The lowest BCUT2D eigenvalue weighted by atomic mass is 9.47. The van der Waals surface area contributed by atoms with E-state index >= 15 is 0 Å². The van der Waals surface area contributed by atoms with Gasteiger partial charge in [0.1, 0.15) is 11.2 Å². The number of carbonyl (C=O) groups is 3. The summed E-state index contributed by atoms with van der Waals surface area (Å²) in [5, 5.41) is 11.5. The van der Waals surface area contributed by atoms with Crippen LogP contribution in [0, 0.1) is 22.7 Å². The quantitative estimate of drug-likeness (QED) is 0.577. The van der Waals surface area contributed by atoms with Gasteiger partial charge in [-0.15, -0.1) is 0 Å². The molecule has 0 bridgehead atoms. The summed E-state index contributed by atoms with van der Waals surface area (Å²) >= 11 is 0. The molecule has 6 nitrogen and oxygen atoms in total. The third-order valence-corrected chi connectivity index (χ3v) is 8.95. The minimum absolute atomic E-state index is 0.0384. The van der Waals surface area contributed by atoms with Gasteiger partial charge in [-0.3, -0.25) is 14.4 Å². The van der Waals surface area contributed by atoms with Gasteiger partial charge in [0, 0.05) is 17.8 Å². The van der Waals surface area contributed by atoms with Crippen LogP contribution in [0.2, 0.25) is 0 Å². The van der Waals surface area contributed by atoms with Gasteiger partial charge < -0.3 is 14.6 Å². The van der Waals surface area contributed by atoms with E-state index in [-0.39, 0.29) is 41.3 Å². The van der Waals surface area contributed by atoms with Gasteiger partial charge in [-0.25, -0.2) is 0 Å². The molecular weight excluding hydrogens is 372 g/mol. The number of esters is 1. The summed E-state index contributed by atoms with van der Waals surface area (Å²) in [7, 11) is 0. The van der Waals surface area contributed by atoms with Crippen molar-refractivity contribution in [3.05, 3.63) is 23.8 Å². The van der Waals surface area contributed by atoms with E-state index in [4.69, 9.17) is 9.47 Å². The molecule has 1 spiro atoms. The molecule has 4 aliphatic carbocycles. The lowest BCUT2D eigenvalue weighted by Crippen LogP contribution is -2.61. The summed E-state index contributed by atoms with van der Waals surface area (Å²) in [5.41, 5.74) is -1.61. The smallest absolute Gasteiger partial charge is 0.303 e. The van der Waals surface area contributed by atoms with E-state index in [2.05, 4.69) is 6.92 Å². The Labute approximate surface area is 170 Å². The zero-order chi connectivity index (χ0) is 20.8. The summed E-state index contributed by atoms with van der Waals surface area (Å²) in [6, 6.07) is 0. The zero-order valence-electron chi connectivity index (χ0n) is 17.2. The van der Waals surface area contributed by atoms with E-state index in [1.54, 1.807) is 12.2 Å². The van der Waals surface area contributed by atoms with Crippen molar-refractivity contribution in [3.63, 3.8) is 0 Å². The summed E-state index contributed by atoms with van der Waals surface area (Å²) in [6.45, 7) is 5.06. The molecule has 1 heterocycles. The summed E-state index contributed by atoms with van der Waals surface area (Å²) < 4.78 is 11.4. The highest BCUT2D eigenvalue weighted by atomic mass is 16.6. The average Bonchev–Trinajstić information content (AvgIpc) is 3.32. The monoisotopic (exact) mass is 400 g/mol. The third kappa shape index (κ3) is 2.17. The number of hydrogen-bond acceptors (Lipinski definition) is 6. The molecule has 0 aromatic rings. The van der Waals surface area contributed by atoms with E-state index < -0.39 is 22.8 Å². The Balaban J connectivity index is 1.49. The molecule has 7 atom stereocenters. The van der Waals surface area contributed by atoms with E-state index in [1.807, 2.05) is 13.0 Å². The van der Waals surface area contributed by atoms with Gasteiger partial charge in [-0.05, 0) is 63.0 Å². The van der Waals surface area contributed by atoms with Gasteiger partial charge in [-0.1, -0.05) is 18.6 Å². The standard InChI is InChI=1S/C23H28O6/c1-13(24)28-12-18(26)22(27)9-7-16-17-5-4-14-10-15(25)6-8-20(14,2)23(17)19(29-23)11-21(16,22)3/h6,8,10,16-17,19,27H,4-5,7,9,11-12H2,1-3H3/t16?,17?,19?,20-,21-,22-,23-/m0/s1. The fourth-order valence-corrected chi connectivity index (χ4v) is 7.40. The van der Waals surface area contributed by atoms with Gasteiger partial charge >= 0.3 is 5.97 Å². The van der Waals surface area contributed by atoms with Crippen molar-refractivity contribution in [2.24, 2.45) is 22.7 Å². The van der Waals surface area contributed by atoms with E-state index in [1.165, 1.54) is 6.92 Å². The first-order valence-corrected chi connectivity index (χ1v) is 10.6. The van der Waals surface area contributed by atoms with Gasteiger partial charge in [0.2, 0.25) is 5.78 Å². The van der Waals surface area contributed by atoms with Crippen molar-refractivity contribution in [2.45, 2.75) is 70.2 Å². The molecule has 0 amide bonds. The number of epoxide rings is 1. The molecular formula is C23H28O6. The van der Waals surface area contributed by atoms with Crippen LogP contribution in [0.1, 0.15) is 52.9 Å². The Morgan fingerprint density at radius 1 is 1.28 bits per heavy atom. The maximum absolute atomic E-state index is 12.9. The molecule has 0 aromatic heterocycles. The van der Waals surface area contributed by atoms with E-state index in [9.17, 15) is 19.5 Å². The molecule has 0 aromatic carbocycles. The van der Waals surface area contributed by atoms with Crippen LogP contribution in [0.4, 0.5) is 0 Å². The molecule has 1 N–H and O–H groups in total. The van der Waals surface area contributed by atoms with Crippen molar-refractivity contribution in [2.75, 3.05) is 6.61 Å². The summed E-state index contributed by atoms with van der Waals surface area (Å²) in [6.07, 6.45) is 8.86. The highest BCUT2D eigenvalue weighted by Crippen LogP contribution is 2.75. The van der Waals surface area contributed by atoms with E-state index in [0.29, 0.717) is 12.8 Å². The van der Waals surface area contributed by atoms with Gasteiger partial charge in [0.25, 0.3) is 0 Å². The van der Waals surface area contributed by atoms with Crippen molar-refractivity contribution in [1.29, 1.82) is 0 Å². The maximum Gasteiger partial charge on any atom is 0.303 e. The third-order valence-electron chi connectivity index (χ3n) is 8.95. The minimum atomic E-state index is -1.50. The minimum Gasteiger partial charge on any atom is -0.458 e. The number of rotatable bonds is 3. The van der Waals surface area contributed by atoms with Gasteiger partial charge in [-0.2, -0.15) is 0 Å². The molecule has 1 saturated heterocycles. The van der Waals surface area contributed by atoms with Gasteiger partial charge in [0.15, 0.2) is 12.4 Å². The molecule has 0 radical (unpaired) electrons. The van der Waals surface area contributed by atoms with Crippen molar-refractivity contribution in [1.82, 2.24) is 0 Å². The highest BCUT2D eigenvalue weighted by molar-refractivity contribution is 6.01. The van der Waals surface area contributed by atoms with Crippen molar-refractivity contribution >= 4 is 17.5 Å². The molecule has 5 rings (SSSR count). The summed E-state index contributed by atoms with van der Waals surface area (Å²) in [4.78, 5) is 36.0. The predicted molar refractivity (Wildman–Crippen MR) is 103 cm³/mol. The number of carbonyl (C=O) groups excluding carboxylic acids is 3. The van der Waals surface area contributed by atoms with Crippen LogP contribution in [-0.2, 0) is 23.9 Å². The number of allylic oxidation sites excluding steroid dienone is 2. The largest absolute Gasteiger partial charge is 0.458 e. The molecule has 156 valence electrons. The number of aliphatic hydroxyl groups is 1. The second-order valence-electron chi connectivity index (χ2n) is 9.98. The van der Waals surface area contributed by atoms with E-state index in [0.717, 1.165) is 24.8 Å². The Morgan fingerprint density at radius 3 is 2.76 bits per heavy atom. The van der Waals surface area contributed by atoms with Crippen LogP contribution in [0.3, 0.4) is 0 Å². The average molecular weight is 400 g/mol. The SMILES string of the molecule is CC(=O)OCC(=O)[C@@]1(O)CCC2C3CCC4=CC(=O)C=C[C@]4(C)[C@]34OC4C[C@@]21C. The molecule has 3 unspecified atom stereocenters. The maximum atomic E-state index is 12.9. The number of fused-ring (bicyclic) bond motifs is 3. The first-order chi connectivity index (χ1) is 13.6. The first kappa shape index (κ1) is 19.2. The van der Waals surface area contributed by atoms with Crippen LogP contribution in [0.25, 0.3) is 0 Å². The Kier molecular flexibility index (Phi) is 3.75. The first-order valence-electron chi connectivity index (χ1n) is 10.6. The molecule has 4 fully saturated rings. The van der Waals surface area contributed by atoms with Crippen LogP contribution in [0.15, 0.2) is 23.8 Å². The molecule has 3 saturated carbocycles. The molecule has 1 aliphatic heterocycles. The highest BCUT2D eigenvalue weighted by Gasteiger charge is 2.81. The van der Waals surface area contributed by atoms with Crippen LogP contribution in [0.5, 0.6) is 0 Å². The second-order valence-corrected chi connectivity index (χ2v) is 9.98. The summed E-state index contributed by atoms with van der Waals surface area (Å²) in [5.74, 6) is -0.514. The number of hydrogen-bond donors (Lipinski definition) is 1. The Hall–Kier alpha value is -1.79. The van der Waals surface area contributed by atoms with Gasteiger partial charge in [0.05, 0.1) is 6.10 Å². The predicted octanol–water partition coefficient (Wildman–Crippen LogP) is 2.29. The lowest BCUT2D eigenvalue weighted by molar-refractivity contribution is -0.165. The number of ketones is 2. The molecule has 5 aliphatic rings. The van der Waals surface area contributed by atoms with Crippen LogP contribution in [-0.4, -0.2) is 46.6 Å².